The Morgan fingerprint density at radius 2 is 1.88 bits per heavy atom. The highest BCUT2D eigenvalue weighted by Crippen LogP contribution is 2.29. The van der Waals surface area contributed by atoms with Crippen LogP contribution in [0, 0.1) is 12.3 Å². The third kappa shape index (κ3) is 3.85. The summed E-state index contributed by atoms with van der Waals surface area (Å²) in [5.74, 6) is 4.24. The number of imidazole rings is 1. The highest BCUT2D eigenvalue weighted by molar-refractivity contribution is 6.02. The number of benzene rings is 3. The van der Waals surface area contributed by atoms with Crippen molar-refractivity contribution in [2.45, 2.75) is 0 Å². The summed E-state index contributed by atoms with van der Waals surface area (Å²) in [7, 11) is 0. The molecule has 32 heavy (non-hydrogen) atoms. The van der Waals surface area contributed by atoms with Crippen molar-refractivity contribution in [2.24, 2.45) is 0 Å². The number of hydrogen-bond donors (Lipinski definition) is 4. The number of aromatic amines is 2. The van der Waals surface area contributed by atoms with Crippen LogP contribution >= 0.6 is 0 Å². The second-order valence-electron chi connectivity index (χ2n) is 7.15. The van der Waals surface area contributed by atoms with Gasteiger partial charge in [-0.1, -0.05) is 24.1 Å². The third-order valence-corrected chi connectivity index (χ3v) is 4.98. The molecule has 0 saturated heterocycles. The van der Waals surface area contributed by atoms with E-state index in [1.165, 1.54) is 0 Å². The van der Waals surface area contributed by atoms with Gasteiger partial charge in [0.05, 0.1) is 23.3 Å². The zero-order chi connectivity index (χ0) is 21.9. The second kappa shape index (κ2) is 8.20. The van der Waals surface area contributed by atoms with Crippen LogP contribution in [0.3, 0.4) is 0 Å². The number of anilines is 2. The van der Waals surface area contributed by atoms with Crippen molar-refractivity contribution in [1.29, 1.82) is 0 Å². The van der Waals surface area contributed by atoms with Crippen molar-refractivity contribution < 1.29 is 9.53 Å². The largest absolute Gasteiger partial charge is 0.457 e. The molecule has 7 nitrogen and oxygen atoms in total. The Kier molecular flexibility index (Phi) is 4.94. The van der Waals surface area contributed by atoms with Crippen molar-refractivity contribution in [3.63, 3.8) is 0 Å². The Morgan fingerprint density at radius 1 is 1.03 bits per heavy atom. The number of hydrogen-bond acceptors (Lipinski definition) is 4. The average Bonchev–Trinajstić information content (AvgIpc) is 3.41. The standard InChI is InChI=1S/C25H19N5O2/c1-2-12-26-24(31)16-8-10-20-19(13-16)23(15-27-20)30-25-28-21-11-9-18(14-22(21)29-25)32-17-6-4-3-5-7-17/h1,3-11,13-15,27H,12H2,(H,26,31)(H2,28,29,30). The van der Waals surface area contributed by atoms with Gasteiger partial charge in [-0.15, -0.1) is 6.42 Å². The number of H-pyrrole nitrogens is 2. The molecule has 0 radical (unpaired) electrons. The summed E-state index contributed by atoms with van der Waals surface area (Å²) in [5, 5.41) is 6.84. The molecule has 0 fully saturated rings. The van der Waals surface area contributed by atoms with E-state index < -0.39 is 0 Å². The van der Waals surface area contributed by atoms with E-state index in [1.54, 1.807) is 6.07 Å². The van der Waals surface area contributed by atoms with Crippen molar-refractivity contribution in [1.82, 2.24) is 20.3 Å². The van der Waals surface area contributed by atoms with Crippen molar-refractivity contribution in [3.05, 3.63) is 78.5 Å². The number of aromatic nitrogens is 3. The number of fused-ring (bicyclic) bond motifs is 2. The Labute approximate surface area is 183 Å². The van der Waals surface area contributed by atoms with Gasteiger partial charge >= 0.3 is 0 Å². The van der Waals surface area contributed by atoms with E-state index in [0.29, 0.717) is 17.3 Å². The molecule has 0 saturated carbocycles. The minimum absolute atomic E-state index is 0.185. The molecule has 0 aliphatic carbocycles. The number of rotatable bonds is 6. The van der Waals surface area contributed by atoms with Crippen molar-refractivity contribution in [3.8, 4) is 23.8 Å². The van der Waals surface area contributed by atoms with Gasteiger partial charge < -0.3 is 25.3 Å². The first kappa shape index (κ1) is 19.3. The molecule has 5 aromatic rings. The first-order valence-electron chi connectivity index (χ1n) is 10.0. The lowest BCUT2D eigenvalue weighted by atomic mass is 10.1. The van der Waals surface area contributed by atoms with E-state index in [-0.39, 0.29) is 12.5 Å². The van der Waals surface area contributed by atoms with Crippen LogP contribution in [0.1, 0.15) is 10.4 Å². The Morgan fingerprint density at radius 3 is 2.72 bits per heavy atom. The number of amides is 1. The Bertz CT molecular complexity index is 1460. The van der Waals surface area contributed by atoms with Gasteiger partial charge in [0.2, 0.25) is 5.95 Å². The first-order chi connectivity index (χ1) is 15.7. The molecule has 7 heteroatoms. The van der Waals surface area contributed by atoms with Gasteiger partial charge in [-0.05, 0) is 42.5 Å². The number of nitrogens with one attached hydrogen (secondary N) is 4. The molecule has 4 N–H and O–H groups in total. The van der Waals surface area contributed by atoms with Crippen LogP contribution in [0.25, 0.3) is 21.9 Å². The molecule has 2 heterocycles. The van der Waals surface area contributed by atoms with Crippen LogP contribution in [0.5, 0.6) is 11.5 Å². The van der Waals surface area contributed by atoms with Gasteiger partial charge in [0.1, 0.15) is 11.5 Å². The molecule has 0 aliphatic rings. The zero-order valence-electron chi connectivity index (χ0n) is 17.0. The summed E-state index contributed by atoms with van der Waals surface area (Å²) < 4.78 is 5.89. The van der Waals surface area contributed by atoms with E-state index in [9.17, 15) is 4.79 Å². The fourth-order valence-electron chi connectivity index (χ4n) is 3.46. The molecule has 5 rings (SSSR count). The minimum Gasteiger partial charge on any atom is -0.457 e. The summed E-state index contributed by atoms with van der Waals surface area (Å²) in [6.07, 6.45) is 7.06. The number of carbonyl (C=O) groups is 1. The lowest BCUT2D eigenvalue weighted by Gasteiger charge is -2.04. The number of para-hydroxylation sites is 1. The van der Waals surface area contributed by atoms with Crippen LogP contribution in [0.15, 0.2) is 72.9 Å². The second-order valence-corrected chi connectivity index (χ2v) is 7.15. The third-order valence-electron chi connectivity index (χ3n) is 4.98. The van der Waals surface area contributed by atoms with E-state index >= 15 is 0 Å². The molecular weight excluding hydrogens is 402 g/mol. The molecule has 1 amide bonds. The highest BCUT2D eigenvalue weighted by Gasteiger charge is 2.11. The van der Waals surface area contributed by atoms with E-state index in [1.807, 2.05) is 66.9 Å². The molecule has 3 aromatic carbocycles. The first-order valence-corrected chi connectivity index (χ1v) is 10.0. The normalized spacial score (nSPS) is 10.7. The molecule has 156 valence electrons. The van der Waals surface area contributed by atoms with E-state index in [4.69, 9.17) is 11.2 Å². The molecule has 0 atom stereocenters. The molecule has 0 unspecified atom stereocenters. The number of ether oxygens (including phenoxy) is 1. The van der Waals surface area contributed by atoms with Crippen molar-refractivity contribution >= 4 is 39.5 Å². The van der Waals surface area contributed by atoms with E-state index in [2.05, 4.69) is 31.5 Å². The summed E-state index contributed by atoms with van der Waals surface area (Å²) in [6, 6.07) is 20.7. The summed E-state index contributed by atoms with van der Waals surface area (Å²) in [5.41, 5.74) is 3.88. The Balaban J connectivity index is 1.40. The van der Waals surface area contributed by atoms with Gasteiger partial charge in [0.15, 0.2) is 0 Å². The maximum absolute atomic E-state index is 12.3. The predicted octanol–water partition coefficient (Wildman–Crippen LogP) is 4.94. The summed E-state index contributed by atoms with van der Waals surface area (Å²) in [4.78, 5) is 23.3. The topological polar surface area (TPSA) is 94.8 Å². The Hall–Kier alpha value is -4.70. The van der Waals surface area contributed by atoms with Gasteiger partial charge in [0, 0.05) is 28.7 Å². The molecular formula is C25H19N5O2. The van der Waals surface area contributed by atoms with Crippen LogP contribution in [0.4, 0.5) is 11.6 Å². The van der Waals surface area contributed by atoms with Crippen molar-refractivity contribution in [2.75, 3.05) is 11.9 Å². The molecule has 0 spiro atoms. The predicted molar refractivity (Wildman–Crippen MR) is 125 cm³/mol. The van der Waals surface area contributed by atoms with Crippen LogP contribution in [0.2, 0.25) is 0 Å². The quantitative estimate of drug-likeness (QED) is 0.292. The fraction of sp³-hybridized carbons (Fsp3) is 0.0400. The molecule has 0 bridgehead atoms. The average molecular weight is 421 g/mol. The summed E-state index contributed by atoms with van der Waals surface area (Å²) >= 11 is 0. The van der Waals surface area contributed by atoms with Gasteiger partial charge in [-0.25, -0.2) is 4.98 Å². The molecule has 2 aromatic heterocycles. The number of carbonyl (C=O) groups excluding carboxylic acids is 1. The maximum atomic E-state index is 12.3. The number of terminal acetylenes is 1. The smallest absolute Gasteiger partial charge is 0.252 e. The van der Waals surface area contributed by atoms with E-state index in [0.717, 1.165) is 33.4 Å². The molecule has 0 aliphatic heterocycles. The number of nitrogens with zero attached hydrogens (tertiary/aromatic N) is 1. The minimum atomic E-state index is -0.216. The van der Waals surface area contributed by atoms with Crippen LogP contribution < -0.4 is 15.4 Å². The monoisotopic (exact) mass is 421 g/mol. The summed E-state index contributed by atoms with van der Waals surface area (Å²) in [6.45, 7) is 0.185. The van der Waals surface area contributed by atoms with Gasteiger partial charge in [-0.3, -0.25) is 4.79 Å². The van der Waals surface area contributed by atoms with Gasteiger partial charge in [0.25, 0.3) is 5.91 Å². The van der Waals surface area contributed by atoms with Gasteiger partial charge in [-0.2, -0.15) is 0 Å². The lowest BCUT2D eigenvalue weighted by Crippen LogP contribution is -2.23. The SMILES string of the molecule is C#CCNC(=O)c1ccc2[nH]cc(Nc3nc4cc(Oc5ccccc5)ccc4[nH]3)c2c1. The highest BCUT2D eigenvalue weighted by atomic mass is 16.5. The van der Waals surface area contributed by atoms with Crippen LogP contribution in [-0.2, 0) is 0 Å². The fourth-order valence-corrected chi connectivity index (χ4v) is 3.46. The maximum Gasteiger partial charge on any atom is 0.252 e. The zero-order valence-corrected chi connectivity index (χ0v) is 17.0. The van der Waals surface area contributed by atoms with Crippen LogP contribution in [-0.4, -0.2) is 27.4 Å². The lowest BCUT2D eigenvalue weighted by molar-refractivity contribution is 0.0959.